The van der Waals surface area contributed by atoms with Crippen LogP contribution in [0.5, 0.6) is 0 Å². The molecule has 0 fully saturated rings. The summed E-state index contributed by atoms with van der Waals surface area (Å²) < 4.78 is 0. The van der Waals surface area contributed by atoms with Crippen molar-refractivity contribution in [2.45, 2.75) is 65.7 Å². The maximum Gasteiger partial charge on any atom is -0.0323 e. The molecule has 0 aliphatic heterocycles. The van der Waals surface area contributed by atoms with E-state index in [0.29, 0.717) is 0 Å². The normalized spacial score (nSPS) is 16.1. The van der Waals surface area contributed by atoms with Gasteiger partial charge in [0.1, 0.15) is 0 Å². The predicted octanol–water partition coefficient (Wildman–Crippen LogP) is 4.70. The maximum atomic E-state index is 2.35. The third kappa shape index (κ3) is 7.84. The molecule has 1 rings (SSSR count). The average molecular weight is 168 g/mol. The number of hydrogen-bond acceptors (Lipinski definition) is 0. The summed E-state index contributed by atoms with van der Waals surface area (Å²) in [6.45, 7) is 6.64. The van der Waals surface area contributed by atoms with Crippen LogP contribution in [0.2, 0.25) is 0 Å². The van der Waals surface area contributed by atoms with Gasteiger partial charge in [-0.1, -0.05) is 44.8 Å². The fourth-order valence-corrected chi connectivity index (χ4v) is 1.35. The Morgan fingerprint density at radius 3 is 2.00 bits per heavy atom. The standard InChI is InChI=1S/C7H12.C5H12/c1-7-5-3-2-4-6-7;1-3-5-4-2/h5H,2-4,6H2,1H3;3-5H2,1-2H3. The highest BCUT2D eigenvalue weighted by Crippen LogP contribution is 2.15. The van der Waals surface area contributed by atoms with Crippen LogP contribution in [0.4, 0.5) is 0 Å². The lowest BCUT2D eigenvalue weighted by Gasteiger charge is -2.05. The van der Waals surface area contributed by atoms with E-state index in [9.17, 15) is 0 Å². The van der Waals surface area contributed by atoms with Gasteiger partial charge in [0.25, 0.3) is 0 Å². The molecule has 0 saturated carbocycles. The van der Waals surface area contributed by atoms with Crippen LogP contribution in [-0.4, -0.2) is 0 Å². The van der Waals surface area contributed by atoms with Gasteiger partial charge in [0.05, 0.1) is 0 Å². The third-order valence-electron chi connectivity index (χ3n) is 2.23. The first-order valence-corrected chi connectivity index (χ1v) is 5.46. The highest BCUT2D eigenvalue weighted by molar-refractivity contribution is 5.00. The Morgan fingerprint density at radius 1 is 1.17 bits per heavy atom. The molecule has 0 spiro atoms. The molecule has 0 radical (unpaired) electrons. The van der Waals surface area contributed by atoms with E-state index in [2.05, 4.69) is 26.8 Å². The zero-order valence-corrected chi connectivity index (χ0v) is 9.03. The van der Waals surface area contributed by atoms with E-state index in [1.807, 2.05) is 0 Å². The molecular formula is C12H24. The molecule has 72 valence electrons. The van der Waals surface area contributed by atoms with Gasteiger partial charge < -0.3 is 0 Å². The highest BCUT2D eigenvalue weighted by atomic mass is 14.0. The average Bonchev–Trinajstić information content (AvgIpc) is 2.08. The van der Waals surface area contributed by atoms with Crippen LogP contribution in [0.25, 0.3) is 0 Å². The Bertz CT molecular complexity index is 109. The molecule has 0 unspecified atom stereocenters. The highest BCUT2D eigenvalue weighted by Gasteiger charge is 1.95. The SMILES string of the molecule is CC1=CCCCC1.CCCCC. The van der Waals surface area contributed by atoms with Crippen molar-refractivity contribution in [3.63, 3.8) is 0 Å². The Balaban J connectivity index is 0.000000217. The summed E-state index contributed by atoms with van der Waals surface area (Å²) in [6, 6.07) is 0. The van der Waals surface area contributed by atoms with E-state index in [4.69, 9.17) is 0 Å². The van der Waals surface area contributed by atoms with E-state index in [1.165, 1.54) is 44.9 Å². The van der Waals surface area contributed by atoms with Crippen LogP contribution in [0.3, 0.4) is 0 Å². The first-order valence-electron chi connectivity index (χ1n) is 5.46. The van der Waals surface area contributed by atoms with Gasteiger partial charge in [-0.2, -0.15) is 0 Å². The molecule has 0 atom stereocenters. The van der Waals surface area contributed by atoms with E-state index in [-0.39, 0.29) is 0 Å². The Hall–Kier alpha value is -0.260. The summed E-state index contributed by atoms with van der Waals surface area (Å²) in [5.74, 6) is 0. The minimum Gasteiger partial charge on any atom is -0.0856 e. The Kier molecular flexibility index (Phi) is 8.64. The van der Waals surface area contributed by atoms with E-state index in [1.54, 1.807) is 5.57 Å². The Morgan fingerprint density at radius 2 is 1.83 bits per heavy atom. The lowest BCUT2D eigenvalue weighted by Crippen LogP contribution is -1.85. The molecule has 0 heterocycles. The minimum absolute atomic E-state index is 1.33. The number of unbranched alkanes of at least 4 members (excludes halogenated alkanes) is 2. The summed E-state index contributed by atoms with van der Waals surface area (Å²) in [7, 11) is 0. The molecule has 0 saturated heterocycles. The van der Waals surface area contributed by atoms with Crippen molar-refractivity contribution >= 4 is 0 Å². The molecule has 0 N–H and O–H groups in total. The molecule has 1 aliphatic carbocycles. The zero-order valence-electron chi connectivity index (χ0n) is 9.03. The van der Waals surface area contributed by atoms with Crippen molar-refractivity contribution in [3.8, 4) is 0 Å². The van der Waals surface area contributed by atoms with Crippen LogP contribution in [0.15, 0.2) is 11.6 Å². The molecule has 0 aromatic rings. The van der Waals surface area contributed by atoms with Gasteiger partial charge in [-0.3, -0.25) is 0 Å². The van der Waals surface area contributed by atoms with Crippen LogP contribution in [0, 0.1) is 0 Å². The quantitative estimate of drug-likeness (QED) is 0.524. The zero-order chi connectivity index (χ0) is 9.23. The second-order valence-electron chi connectivity index (χ2n) is 3.65. The molecule has 0 aromatic heterocycles. The van der Waals surface area contributed by atoms with Gasteiger partial charge in [0.2, 0.25) is 0 Å². The van der Waals surface area contributed by atoms with Crippen molar-refractivity contribution in [1.29, 1.82) is 0 Å². The first-order chi connectivity index (χ1) is 5.81. The number of hydrogen-bond donors (Lipinski definition) is 0. The summed E-state index contributed by atoms with van der Waals surface area (Å²) in [4.78, 5) is 0. The molecule has 0 aromatic carbocycles. The van der Waals surface area contributed by atoms with Gasteiger partial charge in [0, 0.05) is 0 Å². The summed E-state index contributed by atoms with van der Waals surface area (Å²) in [6.07, 6.45) is 11.9. The van der Waals surface area contributed by atoms with Crippen molar-refractivity contribution in [2.75, 3.05) is 0 Å². The van der Waals surface area contributed by atoms with Gasteiger partial charge in [-0.05, 0) is 32.6 Å². The fraction of sp³-hybridized carbons (Fsp3) is 0.833. The van der Waals surface area contributed by atoms with Crippen LogP contribution in [0.1, 0.15) is 65.7 Å². The van der Waals surface area contributed by atoms with E-state index < -0.39 is 0 Å². The topological polar surface area (TPSA) is 0 Å². The minimum atomic E-state index is 1.33. The van der Waals surface area contributed by atoms with Crippen LogP contribution < -0.4 is 0 Å². The third-order valence-corrected chi connectivity index (χ3v) is 2.23. The fourth-order valence-electron chi connectivity index (χ4n) is 1.35. The molecule has 0 nitrogen and oxygen atoms in total. The monoisotopic (exact) mass is 168 g/mol. The van der Waals surface area contributed by atoms with Crippen molar-refractivity contribution in [3.05, 3.63) is 11.6 Å². The second-order valence-corrected chi connectivity index (χ2v) is 3.65. The first kappa shape index (κ1) is 11.7. The summed E-state index contributed by atoms with van der Waals surface area (Å²) >= 11 is 0. The Labute approximate surface area is 78.1 Å². The van der Waals surface area contributed by atoms with E-state index in [0.717, 1.165) is 0 Å². The lowest BCUT2D eigenvalue weighted by molar-refractivity contribution is 0.702. The van der Waals surface area contributed by atoms with Gasteiger partial charge in [0.15, 0.2) is 0 Å². The van der Waals surface area contributed by atoms with Gasteiger partial charge in [-0.15, -0.1) is 0 Å². The molecule has 12 heavy (non-hydrogen) atoms. The second kappa shape index (κ2) is 8.83. The van der Waals surface area contributed by atoms with Crippen LogP contribution in [-0.2, 0) is 0 Å². The van der Waals surface area contributed by atoms with Gasteiger partial charge >= 0.3 is 0 Å². The van der Waals surface area contributed by atoms with Crippen molar-refractivity contribution in [2.24, 2.45) is 0 Å². The molecule has 0 bridgehead atoms. The van der Waals surface area contributed by atoms with E-state index >= 15 is 0 Å². The number of allylic oxidation sites excluding steroid dienone is 2. The predicted molar refractivity (Wildman–Crippen MR) is 57.4 cm³/mol. The largest absolute Gasteiger partial charge is 0.0856 e. The lowest BCUT2D eigenvalue weighted by atomic mass is 10.0. The maximum absolute atomic E-state index is 2.35. The van der Waals surface area contributed by atoms with Crippen molar-refractivity contribution in [1.82, 2.24) is 0 Å². The molecule has 1 aliphatic rings. The van der Waals surface area contributed by atoms with Crippen LogP contribution >= 0.6 is 0 Å². The summed E-state index contributed by atoms with van der Waals surface area (Å²) in [5, 5.41) is 0. The van der Waals surface area contributed by atoms with Gasteiger partial charge in [-0.25, -0.2) is 0 Å². The number of rotatable bonds is 2. The summed E-state index contributed by atoms with van der Waals surface area (Å²) in [5.41, 5.74) is 1.59. The molecule has 0 heteroatoms. The molecular weight excluding hydrogens is 144 g/mol. The molecule has 0 amide bonds. The van der Waals surface area contributed by atoms with Crippen molar-refractivity contribution < 1.29 is 0 Å². The smallest absolute Gasteiger partial charge is 0.0323 e.